The molecule has 0 fully saturated rings. The molecule has 0 spiro atoms. The molecule has 0 saturated heterocycles. The maximum atomic E-state index is 11.5. The second-order valence-electron chi connectivity index (χ2n) is 3.47. The number of ketones is 1. The van der Waals surface area contributed by atoms with Crippen molar-refractivity contribution in [1.29, 1.82) is 0 Å². The zero-order chi connectivity index (χ0) is 11.5. The predicted molar refractivity (Wildman–Crippen MR) is 57.6 cm³/mol. The molecule has 15 heavy (non-hydrogen) atoms. The van der Waals surface area contributed by atoms with E-state index < -0.39 is 9.84 Å². The molecule has 0 aliphatic heterocycles. The zero-order valence-corrected chi connectivity index (χ0v) is 9.54. The SMILES string of the molecule is Cc1cccc(C(=O)CCS(C)(=O)=O)n1. The van der Waals surface area contributed by atoms with E-state index in [1.807, 2.05) is 0 Å². The van der Waals surface area contributed by atoms with Crippen molar-refractivity contribution < 1.29 is 13.2 Å². The molecule has 4 nitrogen and oxygen atoms in total. The highest BCUT2D eigenvalue weighted by Crippen LogP contribution is 2.03. The summed E-state index contributed by atoms with van der Waals surface area (Å²) < 4.78 is 21.7. The van der Waals surface area contributed by atoms with E-state index in [0.717, 1.165) is 11.9 Å². The topological polar surface area (TPSA) is 64.1 Å². The van der Waals surface area contributed by atoms with Crippen LogP contribution in [0.3, 0.4) is 0 Å². The maximum absolute atomic E-state index is 11.5. The monoisotopic (exact) mass is 227 g/mol. The van der Waals surface area contributed by atoms with Crippen molar-refractivity contribution in [3.05, 3.63) is 29.6 Å². The van der Waals surface area contributed by atoms with Crippen LogP contribution in [0, 0.1) is 6.92 Å². The molecule has 1 aromatic heterocycles. The highest BCUT2D eigenvalue weighted by Gasteiger charge is 2.11. The third kappa shape index (κ3) is 4.20. The van der Waals surface area contributed by atoms with E-state index in [4.69, 9.17) is 0 Å². The molecule has 0 aliphatic rings. The number of carbonyl (C=O) groups excluding carboxylic acids is 1. The van der Waals surface area contributed by atoms with Gasteiger partial charge in [-0.25, -0.2) is 8.42 Å². The summed E-state index contributed by atoms with van der Waals surface area (Å²) in [7, 11) is -3.09. The van der Waals surface area contributed by atoms with Crippen LogP contribution in [0.5, 0.6) is 0 Å². The van der Waals surface area contributed by atoms with Crippen LogP contribution in [-0.4, -0.2) is 31.2 Å². The first-order valence-corrected chi connectivity index (χ1v) is 6.59. The van der Waals surface area contributed by atoms with Gasteiger partial charge >= 0.3 is 0 Å². The molecule has 0 bridgehead atoms. The largest absolute Gasteiger partial charge is 0.292 e. The van der Waals surface area contributed by atoms with Crippen LogP contribution in [0.15, 0.2) is 18.2 Å². The van der Waals surface area contributed by atoms with Crippen LogP contribution in [0.25, 0.3) is 0 Å². The van der Waals surface area contributed by atoms with Gasteiger partial charge in [0.1, 0.15) is 15.5 Å². The molecule has 82 valence electrons. The number of Topliss-reactive ketones (excluding diaryl/α,β-unsaturated/α-hetero) is 1. The van der Waals surface area contributed by atoms with Gasteiger partial charge in [-0.3, -0.25) is 9.78 Å². The molecule has 1 aromatic rings. The highest BCUT2D eigenvalue weighted by atomic mass is 32.2. The number of hydrogen-bond acceptors (Lipinski definition) is 4. The normalized spacial score (nSPS) is 11.3. The molecule has 5 heteroatoms. The molecular weight excluding hydrogens is 214 g/mol. The van der Waals surface area contributed by atoms with Crippen LogP contribution < -0.4 is 0 Å². The Kier molecular flexibility index (Phi) is 3.57. The highest BCUT2D eigenvalue weighted by molar-refractivity contribution is 7.90. The van der Waals surface area contributed by atoms with Crippen LogP contribution in [-0.2, 0) is 9.84 Å². The fourth-order valence-electron chi connectivity index (χ4n) is 1.10. The second-order valence-corrected chi connectivity index (χ2v) is 5.73. The van der Waals surface area contributed by atoms with Crippen molar-refractivity contribution in [2.75, 3.05) is 12.0 Å². The van der Waals surface area contributed by atoms with Crippen molar-refractivity contribution >= 4 is 15.6 Å². The maximum Gasteiger partial charge on any atom is 0.182 e. The number of nitrogens with zero attached hydrogens (tertiary/aromatic N) is 1. The van der Waals surface area contributed by atoms with Gasteiger partial charge < -0.3 is 0 Å². The van der Waals surface area contributed by atoms with Gasteiger partial charge in [-0.05, 0) is 19.1 Å². The number of rotatable bonds is 4. The fraction of sp³-hybridized carbons (Fsp3) is 0.400. The first kappa shape index (κ1) is 11.8. The Balaban J connectivity index is 2.70. The number of hydrogen-bond donors (Lipinski definition) is 0. The first-order valence-electron chi connectivity index (χ1n) is 4.53. The van der Waals surface area contributed by atoms with Gasteiger partial charge in [0.15, 0.2) is 5.78 Å². The molecule has 0 aliphatic carbocycles. The molecule has 0 saturated carbocycles. The molecule has 0 radical (unpaired) electrons. The van der Waals surface area contributed by atoms with E-state index in [0.29, 0.717) is 5.69 Å². The quantitative estimate of drug-likeness (QED) is 0.720. The number of sulfone groups is 1. The Morgan fingerprint density at radius 2 is 2.07 bits per heavy atom. The zero-order valence-electron chi connectivity index (χ0n) is 8.73. The van der Waals surface area contributed by atoms with Gasteiger partial charge in [0.05, 0.1) is 5.75 Å². The minimum atomic E-state index is -3.09. The van der Waals surface area contributed by atoms with Gasteiger partial charge in [-0.2, -0.15) is 0 Å². The number of carbonyl (C=O) groups is 1. The average Bonchev–Trinajstić information content (AvgIpc) is 2.13. The Bertz CT molecular complexity index is 465. The Hall–Kier alpha value is -1.23. The number of aromatic nitrogens is 1. The van der Waals surface area contributed by atoms with Gasteiger partial charge in [0.2, 0.25) is 0 Å². The molecule has 1 heterocycles. The molecule has 0 aromatic carbocycles. The summed E-state index contributed by atoms with van der Waals surface area (Å²) in [6.45, 7) is 1.79. The van der Waals surface area contributed by atoms with Crippen molar-refractivity contribution in [2.45, 2.75) is 13.3 Å². The van der Waals surface area contributed by atoms with Crippen LogP contribution in [0.2, 0.25) is 0 Å². The molecule has 0 N–H and O–H groups in total. The van der Waals surface area contributed by atoms with Crippen molar-refractivity contribution in [2.24, 2.45) is 0 Å². The van der Waals surface area contributed by atoms with E-state index in [2.05, 4.69) is 4.98 Å². The van der Waals surface area contributed by atoms with E-state index in [9.17, 15) is 13.2 Å². The Labute approximate surface area is 89.3 Å². The lowest BCUT2D eigenvalue weighted by molar-refractivity contribution is 0.0984. The first-order chi connectivity index (χ1) is 6.88. The van der Waals surface area contributed by atoms with Crippen molar-refractivity contribution in [1.82, 2.24) is 4.98 Å². The summed E-state index contributed by atoms with van der Waals surface area (Å²) in [6, 6.07) is 5.11. The van der Waals surface area contributed by atoms with E-state index in [1.54, 1.807) is 25.1 Å². The van der Waals surface area contributed by atoms with Crippen molar-refractivity contribution in [3.63, 3.8) is 0 Å². The van der Waals surface area contributed by atoms with Gasteiger partial charge in [-0.15, -0.1) is 0 Å². The summed E-state index contributed by atoms with van der Waals surface area (Å²) in [6.07, 6.45) is 1.11. The Morgan fingerprint density at radius 1 is 1.40 bits per heavy atom. The Morgan fingerprint density at radius 3 is 2.60 bits per heavy atom. The molecule has 0 atom stereocenters. The summed E-state index contributed by atoms with van der Waals surface area (Å²) in [5.74, 6) is -0.356. The van der Waals surface area contributed by atoms with Gasteiger partial charge in [-0.1, -0.05) is 6.07 Å². The third-order valence-corrected chi connectivity index (χ3v) is 2.82. The lowest BCUT2D eigenvalue weighted by Gasteiger charge is -2.00. The number of aryl methyl sites for hydroxylation is 1. The summed E-state index contributed by atoms with van der Waals surface area (Å²) in [5, 5.41) is 0. The second kappa shape index (κ2) is 4.53. The van der Waals surface area contributed by atoms with E-state index in [1.165, 1.54) is 0 Å². The minimum absolute atomic E-state index is 0.00468. The van der Waals surface area contributed by atoms with Gasteiger partial charge in [0.25, 0.3) is 0 Å². The lowest BCUT2D eigenvalue weighted by Crippen LogP contribution is -2.10. The van der Waals surface area contributed by atoms with Gasteiger partial charge in [0, 0.05) is 18.4 Å². The molecular formula is C10H13NO3S. The van der Waals surface area contributed by atoms with Crippen LogP contribution in [0.4, 0.5) is 0 Å². The predicted octanol–water partition coefficient (Wildman–Crippen LogP) is 1.01. The number of pyridine rings is 1. The molecule has 0 amide bonds. The van der Waals surface area contributed by atoms with Crippen molar-refractivity contribution in [3.8, 4) is 0 Å². The van der Waals surface area contributed by atoms with E-state index >= 15 is 0 Å². The summed E-state index contributed by atoms with van der Waals surface area (Å²) >= 11 is 0. The fourth-order valence-corrected chi connectivity index (χ4v) is 1.66. The lowest BCUT2D eigenvalue weighted by atomic mass is 10.2. The molecule has 0 unspecified atom stereocenters. The summed E-state index contributed by atoms with van der Waals surface area (Å²) in [5.41, 5.74) is 1.08. The average molecular weight is 227 g/mol. The summed E-state index contributed by atoms with van der Waals surface area (Å²) in [4.78, 5) is 15.5. The standard InChI is InChI=1S/C10H13NO3S/c1-8-4-3-5-9(11-8)10(12)6-7-15(2,13)14/h3-5H,6-7H2,1-2H3. The smallest absolute Gasteiger partial charge is 0.182 e. The van der Waals surface area contributed by atoms with Crippen LogP contribution >= 0.6 is 0 Å². The van der Waals surface area contributed by atoms with E-state index in [-0.39, 0.29) is 18.0 Å². The minimum Gasteiger partial charge on any atom is -0.292 e. The third-order valence-electron chi connectivity index (χ3n) is 1.87. The molecule has 1 rings (SSSR count). The van der Waals surface area contributed by atoms with Crippen LogP contribution in [0.1, 0.15) is 22.6 Å².